The zero-order chi connectivity index (χ0) is 18.7. The summed E-state index contributed by atoms with van der Waals surface area (Å²) < 4.78 is 5.50. The van der Waals surface area contributed by atoms with Crippen LogP contribution < -0.4 is 16.0 Å². The first-order chi connectivity index (χ1) is 12.7. The van der Waals surface area contributed by atoms with Gasteiger partial charge in [-0.05, 0) is 31.9 Å². The molecule has 1 aliphatic rings. The Bertz CT molecular complexity index is 571. The van der Waals surface area contributed by atoms with Crippen LogP contribution in [0.15, 0.2) is 35.3 Å². The van der Waals surface area contributed by atoms with E-state index in [9.17, 15) is 9.90 Å². The Morgan fingerprint density at radius 2 is 2.00 bits per heavy atom. The number of nitrogens with one attached hydrogen (secondary N) is 3. The van der Waals surface area contributed by atoms with E-state index in [1.165, 1.54) is 0 Å². The maximum Gasteiger partial charge on any atom is 0.251 e. The van der Waals surface area contributed by atoms with E-state index in [-0.39, 0.29) is 17.9 Å². The molecule has 0 aromatic heterocycles. The lowest BCUT2D eigenvalue weighted by Gasteiger charge is -2.24. The topological polar surface area (TPSA) is 95.0 Å². The van der Waals surface area contributed by atoms with Gasteiger partial charge < -0.3 is 25.8 Å². The average Bonchev–Trinajstić information content (AvgIpc) is 3.13. The van der Waals surface area contributed by atoms with E-state index in [0.717, 1.165) is 19.6 Å². The molecule has 1 fully saturated rings. The largest absolute Gasteiger partial charge is 0.396 e. The standard InChI is InChI=1S/C19H30N4O3/c1-2-20-18(23-14-19(8-12-24)9-13-26-15-19)22-11-10-21-17(25)16-6-4-3-5-7-16/h3-7,24H,2,8-15H2,1H3,(H,21,25)(H2,20,22,23). The molecule has 1 heterocycles. The Morgan fingerprint density at radius 1 is 1.23 bits per heavy atom. The molecular formula is C19H30N4O3. The maximum atomic E-state index is 12.0. The molecule has 0 bridgehead atoms. The normalized spacial score (nSPS) is 20.0. The quantitative estimate of drug-likeness (QED) is 0.296. The van der Waals surface area contributed by atoms with E-state index in [2.05, 4.69) is 20.9 Å². The van der Waals surface area contributed by atoms with E-state index in [1.54, 1.807) is 12.1 Å². The number of carbonyl (C=O) groups excluding carboxylic acids is 1. The smallest absolute Gasteiger partial charge is 0.251 e. The molecule has 1 saturated heterocycles. The molecule has 1 unspecified atom stereocenters. The van der Waals surface area contributed by atoms with Crippen LogP contribution in [0.1, 0.15) is 30.1 Å². The molecule has 4 N–H and O–H groups in total. The minimum absolute atomic E-state index is 0.0708. The van der Waals surface area contributed by atoms with Crippen molar-refractivity contribution in [3.8, 4) is 0 Å². The van der Waals surface area contributed by atoms with Crippen LogP contribution in [-0.4, -0.2) is 63.0 Å². The van der Waals surface area contributed by atoms with E-state index in [0.29, 0.717) is 44.2 Å². The van der Waals surface area contributed by atoms with Gasteiger partial charge in [0.2, 0.25) is 0 Å². The summed E-state index contributed by atoms with van der Waals surface area (Å²) in [6.45, 7) is 5.97. The van der Waals surface area contributed by atoms with Gasteiger partial charge in [-0.2, -0.15) is 0 Å². The predicted octanol–water partition coefficient (Wildman–Crippen LogP) is 0.761. The van der Waals surface area contributed by atoms with Crippen molar-refractivity contribution in [2.24, 2.45) is 10.4 Å². The number of amides is 1. The highest BCUT2D eigenvalue weighted by Gasteiger charge is 2.34. The molecule has 7 nitrogen and oxygen atoms in total. The third-order valence-electron chi connectivity index (χ3n) is 4.48. The fourth-order valence-corrected chi connectivity index (χ4v) is 2.92. The number of hydrogen-bond donors (Lipinski definition) is 4. The Balaban J connectivity index is 1.79. The zero-order valence-electron chi connectivity index (χ0n) is 15.5. The van der Waals surface area contributed by atoms with Crippen molar-refractivity contribution >= 4 is 11.9 Å². The maximum absolute atomic E-state index is 12.0. The molecule has 0 radical (unpaired) electrons. The van der Waals surface area contributed by atoms with Gasteiger partial charge in [0, 0.05) is 43.8 Å². The lowest BCUT2D eigenvalue weighted by molar-refractivity contribution is 0.0954. The molecule has 0 aliphatic carbocycles. The summed E-state index contributed by atoms with van der Waals surface area (Å²) in [7, 11) is 0. The van der Waals surface area contributed by atoms with Gasteiger partial charge >= 0.3 is 0 Å². The molecule has 0 saturated carbocycles. The SMILES string of the molecule is CCNC(=NCC1(CCO)CCOC1)NCCNC(=O)c1ccccc1. The van der Waals surface area contributed by atoms with Crippen LogP contribution in [0.5, 0.6) is 0 Å². The van der Waals surface area contributed by atoms with Crippen LogP contribution in [-0.2, 0) is 4.74 Å². The molecule has 26 heavy (non-hydrogen) atoms. The molecule has 1 atom stereocenters. The Morgan fingerprint density at radius 3 is 2.65 bits per heavy atom. The highest BCUT2D eigenvalue weighted by molar-refractivity contribution is 5.94. The number of aliphatic hydroxyl groups excluding tert-OH is 1. The van der Waals surface area contributed by atoms with Crippen molar-refractivity contribution in [2.45, 2.75) is 19.8 Å². The first-order valence-corrected chi connectivity index (χ1v) is 9.23. The number of aliphatic hydroxyl groups is 1. The molecule has 144 valence electrons. The van der Waals surface area contributed by atoms with Crippen molar-refractivity contribution < 1.29 is 14.6 Å². The van der Waals surface area contributed by atoms with Gasteiger partial charge in [-0.1, -0.05) is 18.2 Å². The number of guanidine groups is 1. The van der Waals surface area contributed by atoms with Crippen molar-refractivity contribution in [1.29, 1.82) is 0 Å². The fraction of sp³-hybridized carbons (Fsp3) is 0.579. The van der Waals surface area contributed by atoms with Crippen LogP contribution in [0.3, 0.4) is 0 Å². The average molecular weight is 362 g/mol. The van der Waals surface area contributed by atoms with Gasteiger partial charge in [-0.3, -0.25) is 9.79 Å². The molecule has 0 spiro atoms. The molecule has 7 heteroatoms. The summed E-state index contributed by atoms with van der Waals surface area (Å²) in [4.78, 5) is 16.7. The van der Waals surface area contributed by atoms with Gasteiger partial charge in [-0.15, -0.1) is 0 Å². The summed E-state index contributed by atoms with van der Waals surface area (Å²) in [5, 5.41) is 18.6. The second kappa shape index (κ2) is 10.8. The van der Waals surface area contributed by atoms with Gasteiger partial charge in [-0.25, -0.2) is 0 Å². The zero-order valence-corrected chi connectivity index (χ0v) is 15.5. The van der Waals surface area contributed by atoms with Gasteiger partial charge in [0.25, 0.3) is 5.91 Å². The molecule has 1 aromatic rings. The van der Waals surface area contributed by atoms with Crippen LogP contribution in [0.2, 0.25) is 0 Å². The fourth-order valence-electron chi connectivity index (χ4n) is 2.92. The Hall–Kier alpha value is -2.12. The third kappa shape index (κ3) is 6.31. The number of carbonyl (C=O) groups is 1. The van der Waals surface area contributed by atoms with Crippen LogP contribution >= 0.6 is 0 Å². The van der Waals surface area contributed by atoms with Crippen LogP contribution in [0.25, 0.3) is 0 Å². The lowest BCUT2D eigenvalue weighted by atomic mass is 9.84. The van der Waals surface area contributed by atoms with Crippen LogP contribution in [0.4, 0.5) is 0 Å². The molecule has 1 amide bonds. The summed E-state index contributed by atoms with van der Waals surface area (Å²) >= 11 is 0. The predicted molar refractivity (Wildman–Crippen MR) is 102 cm³/mol. The number of aliphatic imine (C=N–C) groups is 1. The van der Waals surface area contributed by atoms with Crippen molar-refractivity contribution in [1.82, 2.24) is 16.0 Å². The number of hydrogen-bond acceptors (Lipinski definition) is 4. The highest BCUT2D eigenvalue weighted by Crippen LogP contribution is 2.32. The first kappa shape index (κ1) is 20.2. The van der Waals surface area contributed by atoms with Crippen molar-refractivity contribution in [3.05, 3.63) is 35.9 Å². The summed E-state index contributed by atoms with van der Waals surface area (Å²) in [6.07, 6.45) is 1.62. The first-order valence-electron chi connectivity index (χ1n) is 9.23. The molecule has 2 rings (SSSR count). The Kier molecular flexibility index (Phi) is 8.37. The van der Waals surface area contributed by atoms with Crippen molar-refractivity contribution in [2.75, 3.05) is 46.0 Å². The summed E-state index contributed by atoms with van der Waals surface area (Å²) in [6, 6.07) is 9.16. The Labute approximate surface area is 155 Å². The minimum atomic E-state index is -0.0839. The number of nitrogens with zero attached hydrogens (tertiary/aromatic N) is 1. The minimum Gasteiger partial charge on any atom is -0.396 e. The van der Waals surface area contributed by atoms with Gasteiger partial charge in [0.15, 0.2) is 5.96 Å². The second-order valence-corrected chi connectivity index (χ2v) is 6.52. The highest BCUT2D eigenvalue weighted by atomic mass is 16.5. The molecular weight excluding hydrogens is 332 g/mol. The molecule has 1 aliphatic heterocycles. The number of rotatable bonds is 9. The van der Waals surface area contributed by atoms with Gasteiger partial charge in [0.1, 0.15) is 0 Å². The monoisotopic (exact) mass is 362 g/mol. The number of ether oxygens (including phenoxy) is 1. The van der Waals surface area contributed by atoms with E-state index in [1.807, 2.05) is 25.1 Å². The van der Waals surface area contributed by atoms with Gasteiger partial charge in [0.05, 0.1) is 13.2 Å². The van der Waals surface area contributed by atoms with Crippen molar-refractivity contribution in [3.63, 3.8) is 0 Å². The van der Waals surface area contributed by atoms with E-state index >= 15 is 0 Å². The third-order valence-corrected chi connectivity index (χ3v) is 4.48. The summed E-state index contributed by atoms with van der Waals surface area (Å²) in [5.74, 6) is 0.630. The number of benzene rings is 1. The lowest BCUT2D eigenvalue weighted by Crippen LogP contribution is -2.42. The molecule has 1 aromatic carbocycles. The summed E-state index contributed by atoms with van der Waals surface area (Å²) in [5.41, 5.74) is 0.582. The van der Waals surface area contributed by atoms with E-state index in [4.69, 9.17) is 4.74 Å². The van der Waals surface area contributed by atoms with E-state index < -0.39 is 0 Å². The second-order valence-electron chi connectivity index (χ2n) is 6.52. The van der Waals surface area contributed by atoms with Crippen LogP contribution in [0, 0.1) is 5.41 Å².